The van der Waals surface area contributed by atoms with E-state index < -0.39 is 10.8 Å². The van der Waals surface area contributed by atoms with Gasteiger partial charge >= 0.3 is 0 Å². The van der Waals surface area contributed by atoms with Crippen LogP contribution >= 0.6 is 11.8 Å². The van der Waals surface area contributed by atoms with E-state index in [0.29, 0.717) is 36.6 Å². The van der Waals surface area contributed by atoms with Gasteiger partial charge in [0.2, 0.25) is 11.8 Å². The molecule has 2 N–H and O–H groups in total. The van der Waals surface area contributed by atoms with Crippen molar-refractivity contribution >= 4 is 40.7 Å². The summed E-state index contributed by atoms with van der Waals surface area (Å²) < 4.78 is 0. The molecule has 1 heterocycles. The maximum atomic E-state index is 12.6. The second-order valence-electron chi connectivity index (χ2n) is 7.06. The smallest absolute Gasteiger partial charge is 0.283 e. The first-order valence-electron chi connectivity index (χ1n) is 9.61. The monoisotopic (exact) mass is 442 g/mol. The molecule has 2 aromatic carbocycles. The number of hydrogen-bond donors (Lipinski definition) is 1. The van der Waals surface area contributed by atoms with Crippen molar-refractivity contribution in [2.24, 2.45) is 5.73 Å². The average Bonchev–Trinajstić information content (AvgIpc) is 2.77. The van der Waals surface area contributed by atoms with Crippen LogP contribution in [0.2, 0.25) is 0 Å². The van der Waals surface area contributed by atoms with Crippen molar-refractivity contribution in [3.05, 3.63) is 63.7 Å². The number of nitro groups is 1. The van der Waals surface area contributed by atoms with Crippen molar-refractivity contribution < 1.29 is 19.3 Å². The normalized spacial score (nSPS) is 13.7. The summed E-state index contributed by atoms with van der Waals surface area (Å²) >= 11 is 1.07. The molecule has 31 heavy (non-hydrogen) atoms. The minimum Gasteiger partial charge on any atom is -0.368 e. The number of piperazine rings is 1. The van der Waals surface area contributed by atoms with E-state index in [1.165, 1.54) is 19.1 Å². The number of nitro benzene ring substituents is 1. The molecule has 2 aromatic rings. The Bertz CT molecular complexity index is 1020. The summed E-state index contributed by atoms with van der Waals surface area (Å²) in [6.07, 6.45) is 0. The van der Waals surface area contributed by atoms with Gasteiger partial charge in [0.25, 0.3) is 5.69 Å². The molecule has 2 amide bonds. The van der Waals surface area contributed by atoms with Gasteiger partial charge in [-0.05, 0) is 43.3 Å². The van der Waals surface area contributed by atoms with Crippen LogP contribution in [-0.2, 0) is 4.79 Å². The minimum absolute atomic E-state index is 0.0176. The number of primary amides is 1. The number of hydrogen-bond acceptors (Lipinski definition) is 7. The van der Waals surface area contributed by atoms with Gasteiger partial charge < -0.3 is 15.5 Å². The van der Waals surface area contributed by atoms with Gasteiger partial charge in [-0.2, -0.15) is 0 Å². The van der Waals surface area contributed by atoms with E-state index in [4.69, 9.17) is 5.73 Å². The highest BCUT2D eigenvalue weighted by Crippen LogP contribution is 2.30. The predicted octanol–water partition coefficient (Wildman–Crippen LogP) is 2.34. The first-order valence-corrected chi connectivity index (χ1v) is 10.6. The van der Waals surface area contributed by atoms with Gasteiger partial charge in [0.05, 0.1) is 15.6 Å². The Kier molecular flexibility index (Phi) is 6.91. The zero-order valence-corrected chi connectivity index (χ0v) is 17.8. The number of carbonyl (C=O) groups is 3. The molecule has 3 rings (SSSR count). The molecule has 0 saturated carbocycles. The molecule has 10 heteroatoms. The maximum Gasteiger partial charge on any atom is 0.283 e. The van der Waals surface area contributed by atoms with E-state index in [-0.39, 0.29) is 28.7 Å². The Morgan fingerprint density at radius 3 is 2.19 bits per heavy atom. The fraction of sp³-hybridized carbons (Fsp3) is 0.286. The first-order chi connectivity index (χ1) is 14.8. The molecule has 0 radical (unpaired) electrons. The van der Waals surface area contributed by atoms with Crippen LogP contribution in [-0.4, -0.2) is 59.4 Å². The predicted molar refractivity (Wildman–Crippen MR) is 118 cm³/mol. The molecule has 1 aliphatic heterocycles. The van der Waals surface area contributed by atoms with Crippen LogP contribution < -0.4 is 10.6 Å². The number of nitrogens with zero attached hydrogens (tertiary/aromatic N) is 3. The molecule has 0 bridgehead atoms. The van der Waals surface area contributed by atoms with Gasteiger partial charge in [0.15, 0.2) is 5.78 Å². The van der Waals surface area contributed by atoms with Crippen LogP contribution in [0.5, 0.6) is 0 Å². The van der Waals surface area contributed by atoms with Crippen molar-refractivity contribution in [3.63, 3.8) is 0 Å². The van der Waals surface area contributed by atoms with Crippen molar-refractivity contribution in [2.75, 3.05) is 36.8 Å². The second-order valence-corrected chi connectivity index (χ2v) is 8.08. The number of benzene rings is 2. The lowest BCUT2D eigenvalue weighted by atomic mass is 10.1. The molecule has 162 valence electrons. The topological polar surface area (TPSA) is 127 Å². The highest BCUT2D eigenvalue weighted by molar-refractivity contribution is 8.00. The second kappa shape index (κ2) is 9.61. The SMILES string of the molecule is CC(=O)c1ccc(N2CCN(C(=O)CSc3ccc(C(N)=O)cc3[N+](=O)[O-])CC2)cc1. The van der Waals surface area contributed by atoms with Crippen molar-refractivity contribution in [1.82, 2.24) is 4.90 Å². The zero-order chi connectivity index (χ0) is 22.5. The number of nitrogens with two attached hydrogens (primary N) is 1. The van der Waals surface area contributed by atoms with Crippen LogP contribution in [0.4, 0.5) is 11.4 Å². The van der Waals surface area contributed by atoms with E-state index in [9.17, 15) is 24.5 Å². The molecule has 0 unspecified atom stereocenters. The van der Waals surface area contributed by atoms with Gasteiger partial charge in [-0.25, -0.2) is 0 Å². The fourth-order valence-corrected chi connectivity index (χ4v) is 4.19. The Morgan fingerprint density at radius 1 is 1.03 bits per heavy atom. The van der Waals surface area contributed by atoms with E-state index in [0.717, 1.165) is 23.5 Å². The van der Waals surface area contributed by atoms with E-state index in [1.54, 1.807) is 17.0 Å². The lowest BCUT2D eigenvalue weighted by molar-refractivity contribution is -0.387. The van der Waals surface area contributed by atoms with Crippen LogP contribution in [0.25, 0.3) is 0 Å². The highest BCUT2D eigenvalue weighted by Gasteiger charge is 2.23. The molecule has 1 aliphatic rings. The Labute approximate surface area is 183 Å². The van der Waals surface area contributed by atoms with Crippen LogP contribution in [0.15, 0.2) is 47.4 Å². The number of amides is 2. The summed E-state index contributed by atoms with van der Waals surface area (Å²) in [4.78, 5) is 50.1. The van der Waals surface area contributed by atoms with Gasteiger partial charge in [0.1, 0.15) is 0 Å². The summed E-state index contributed by atoms with van der Waals surface area (Å²) in [6.45, 7) is 3.91. The average molecular weight is 442 g/mol. The summed E-state index contributed by atoms with van der Waals surface area (Å²) in [6, 6.07) is 11.4. The lowest BCUT2D eigenvalue weighted by Gasteiger charge is -2.36. The number of carbonyl (C=O) groups excluding carboxylic acids is 3. The van der Waals surface area contributed by atoms with Crippen LogP contribution in [0, 0.1) is 10.1 Å². The van der Waals surface area contributed by atoms with Crippen molar-refractivity contribution in [1.29, 1.82) is 0 Å². The zero-order valence-electron chi connectivity index (χ0n) is 16.9. The molecule has 1 saturated heterocycles. The molecule has 0 atom stereocenters. The molecule has 1 fully saturated rings. The third-order valence-corrected chi connectivity index (χ3v) is 6.11. The number of rotatable bonds is 7. The molecular weight excluding hydrogens is 420 g/mol. The Hall–Kier alpha value is -3.40. The molecule has 0 aliphatic carbocycles. The molecule has 0 aromatic heterocycles. The number of ketones is 1. The third kappa shape index (κ3) is 5.40. The number of anilines is 1. The fourth-order valence-electron chi connectivity index (χ4n) is 3.29. The van der Waals surface area contributed by atoms with Gasteiger partial charge in [-0.15, -0.1) is 11.8 Å². The summed E-state index contributed by atoms with van der Waals surface area (Å²) in [5, 5.41) is 11.3. The summed E-state index contributed by atoms with van der Waals surface area (Å²) in [7, 11) is 0. The van der Waals surface area contributed by atoms with E-state index in [1.807, 2.05) is 12.1 Å². The van der Waals surface area contributed by atoms with Gasteiger partial charge in [0, 0.05) is 49.1 Å². The Balaban J connectivity index is 1.56. The highest BCUT2D eigenvalue weighted by atomic mass is 32.2. The molecular formula is C21H22N4O5S. The Morgan fingerprint density at radius 2 is 1.65 bits per heavy atom. The minimum atomic E-state index is -0.746. The maximum absolute atomic E-state index is 12.6. The van der Waals surface area contributed by atoms with Crippen molar-refractivity contribution in [2.45, 2.75) is 11.8 Å². The van der Waals surface area contributed by atoms with E-state index >= 15 is 0 Å². The van der Waals surface area contributed by atoms with Crippen molar-refractivity contribution in [3.8, 4) is 0 Å². The van der Waals surface area contributed by atoms with Crippen LogP contribution in [0.3, 0.4) is 0 Å². The van der Waals surface area contributed by atoms with Gasteiger partial charge in [-0.1, -0.05) is 0 Å². The summed E-state index contributed by atoms with van der Waals surface area (Å²) in [5.41, 5.74) is 6.64. The molecule has 9 nitrogen and oxygen atoms in total. The van der Waals surface area contributed by atoms with Gasteiger partial charge in [-0.3, -0.25) is 24.5 Å². The summed E-state index contributed by atoms with van der Waals surface area (Å²) in [5.74, 6) is -0.775. The third-order valence-electron chi connectivity index (χ3n) is 5.06. The first kappa shape index (κ1) is 22.3. The number of thioether (sulfide) groups is 1. The lowest BCUT2D eigenvalue weighted by Crippen LogP contribution is -2.49. The number of Topliss-reactive ketones (excluding diaryl/α,β-unsaturated/α-hetero) is 1. The van der Waals surface area contributed by atoms with Crippen LogP contribution in [0.1, 0.15) is 27.6 Å². The standard InChI is InChI=1S/C21H22N4O5S/c1-14(26)15-2-5-17(6-3-15)23-8-10-24(11-9-23)20(27)13-31-19-7-4-16(21(22)28)12-18(19)25(29)30/h2-7,12H,8-11,13H2,1H3,(H2,22,28). The quantitative estimate of drug-likeness (QED) is 0.302. The van der Waals surface area contributed by atoms with E-state index in [2.05, 4.69) is 4.90 Å². The largest absolute Gasteiger partial charge is 0.368 e. The molecule has 0 spiro atoms.